The number of carbonyl (C=O) groups is 2. The minimum absolute atomic E-state index is 0.0576. The average Bonchev–Trinajstić information content (AvgIpc) is 2.78. The Labute approximate surface area is 190 Å². The van der Waals surface area contributed by atoms with Crippen LogP contribution in [0.15, 0.2) is 54.6 Å². The van der Waals surface area contributed by atoms with Crippen molar-refractivity contribution in [2.75, 3.05) is 6.61 Å². The van der Waals surface area contributed by atoms with E-state index in [4.69, 9.17) is 16.3 Å². The van der Waals surface area contributed by atoms with Crippen LogP contribution < -0.4 is 10.1 Å². The maximum Gasteiger partial charge on any atom is 0.243 e. The molecule has 0 aliphatic rings. The van der Waals surface area contributed by atoms with Crippen LogP contribution in [-0.2, 0) is 16.1 Å². The number of rotatable bonds is 12. The first kappa shape index (κ1) is 24.7. The topological polar surface area (TPSA) is 58.6 Å². The second kappa shape index (κ2) is 13.0. The van der Waals surface area contributed by atoms with Crippen molar-refractivity contribution in [3.63, 3.8) is 0 Å². The first-order valence-corrected chi connectivity index (χ1v) is 11.3. The van der Waals surface area contributed by atoms with E-state index >= 15 is 0 Å². The molecule has 2 aromatic rings. The lowest BCUT2D eigenvalue weighted by molar-refractivity contribution is -0.141. The molecule has 0 fully saturated rings. The third-order valence-electron chi connectivity index (χ3n) is 5.20. The molecule has 31 heavy (non-hydrogen) atoms. The summed E-state index contributed by atoms with van der Waals surface area (Å²) in [6, 6.07) is 16.5. The summed E-state index contributed by atoms with van der Waals surface area (Å²) in [4.78, 5) is 27.7. The number of nitrogens with zero attached hydrogens (tertiary/aromatic N) is 1. The lowest BCUT2D eigenvalue weighted by atomic mass is 10.1. The molecule has 0 aliphatic heterocycles. The van der Waals surface area contributed by atoms with Gasteiger partial charge in [-0.2, -0.15) is 0 Å². The van der Waals surface area contributed by atoms with Gasteiger partial charge in [0, 0.05) is 24.0 Å². The third-order valence-corrected chi connectivity index (χ3v) is 5.45. The normalized spacial score (nSPS) is 12.6. The Morgan fingerprint density at radius 3 is 2.32 bits per heavy atom. The minimum Gasteiger partial charge on any atom is -0.494 e. The van der Waals surface area contributed by atoms with Crippen molar-refractivity contribution in [1.29, 1.82) is 0 Å². The maximum atomic E-state index is 13.2. The highest BCUT2D eigenvalue weighted by Crippen LogP contribution is 2.17. The van der Waals surface area contributed by atoms with Crippen molar-refractivity contribution < 1.29 is 14.3 Å². The lowest BCUT2D eigenvalue weighted by Gasteiger charge is -2.31. The third kappa shape index (κ3) is 8.25. The molecule has 0 saturated heterocycles. The summed E-state index contributed by atoms with van der Waals surface area (Å²) >= 11 is 6.00. The van der Waals surface area contributed by atoms with Gasteiger partial charge in [-0.3, -0.25) is 9.59 Å². The van der Waals surface area contributed by atoms with Crippen LogP contribution in [0, 0.1) is 0 Å². The number of para-hydroxylation sites is 1. The molecule has 0 heterocycles. The molecule has 2 rings (SSSR count). The number of ether oxygens (including phenoxy) is 1. The quantitative estimate of drug-likeness (QED) is 0.456. The molecule has 5 nitrogen and oxygen atoms in total. The van der Waals surface area contributed by atoms with Crippen LogP contribution in [0.4, 0.5) is 0 Å². The monoisotopic (exact) mass is 444 g/mol. The highest BCUT2D eigenvalue weighted by molar-refractivity contribution is 6.30. The van der Waals surface area contributed by atoms with Crippen molar-refractivity contribution in [2.45, 2.75) is 65.1 Å². The number of hydrogen-bond acceptors (Lipinski definition) is 3. The van der Waals surface area contributed by atoms with Gasteiger partial charge in [-0.15, -0.1) is 0 Å². The molecule has 6 heteroatoms. The number of carbonyl (C=O) groups excluding carboxylic acids is 2. The Morgan fingerprint density at radius 2 is 1.71 bits per heavy atom. The molecule has 2 amide bonds. The van der Waals surface area contributed by atoms with Crippen LogP contribution in [0.3, 0.4) is 0 Å². The molecule has 0 aromatic heterocycles. The number of nitrogens with one attached hydrogen (secondary N) is 1. The predicted octanol–water partition coefficient (Wildman–Crippen LogP) is 5.22. The number of halogens is 1. The van der Waals surface area contributed by atoms with Gasteiger partial charge in [-0.05, 0) is 56.0 Å². The minimum atomic E-state index is -0.521. The van der Waals surface area contributed by atoms with Crippen LogP contribution in [0.25, 0.3) is 0 Å². The lowest BCUT2D eigenvalue weighted by Crippen LogP contribution is -2.50. The largest absolute Gasteiger partial charge is 0.494 e. The summed E-state index contributed by atoms with van der Waals surface area (Å²) < 4.78 is 5.70. The van der Waals surface area contributed by atoms with E-state index in [2.05, 4.69) is 5.32 Å². The highest BCUT2D eigenvalue weighted by atomic mass is 35.5. The second-order valence-corrected chi connectivity index (χ2v) is 8.09. The molecule has 0 saturated carbocycles. The van der Waals surface area contributed by atoms with Gasteiger partial charge in [0.2, 0.25) is 11.8 Å². The standard InChI is InChI=1S/C25H33ClN2O3/c1-4-19(3)27-25(30)23(5-2)28(18-20-13-15-21(26)16-14-20)24(29)12-9-17-31-22-10-7-6-8-11-22/h6-8,10-11,13-16,19,23H,4-5,9,12,17-18H2,1-3H3,(H,27,30)/t19-,23+/m0/s1. The summed E-state index contributed by atoms with van der Waals surface area (Å²) in [5.74, 6) is 0.616. The molecule has 2 aromatic carbocycles. The van der Waals surface area contributed by atoms with Gasteiger partial charge in [-0.1, -0.05) is 55.8 Å². The zero-order valence-corrected chi connectivity index (χ0v) is 19.4. The molecule has 0 radical (unpaired) electrons. The van der Waals surface area contributed by atoms with Crippen LogP contribution in [0.2, 0.25) is 5.02 Å². The van der Waals surface area contributed by atoms with Gasteiger partial charge in [0.1, 0.15) is 11.8 Å². The van der Waals surface area contributed by atoms with Crippen LogP contribution in [-0.4, -0.2) is 35.4 Å². The maximum absolute atomic E-state index is 13.2. The molecular formula is C25H33ClN2O3. The second-order valence-electron chi connectivity index (χ2n) is 7.66. The Morgan fingerprint density at radius 1 is 1.03 bits per heavy atom. The van der Waals surface area contributed by atoms with E-state index in [9.17, 15) is 9.59 Å². The fraction of sp³-hybridized carbons (Fsp3) is 0.440. The molecule has 0 bridgehead atoms. The van der Waals surface area contributed by atoms with Gasteiger partial charge < -0.3 is 15.0 Å². The zero-order valence-electron chi connectivity index (χ0n) is 18.6. The van der Waals surface area contributed by atoms with Crippen molar-refractivity contribution >= 4 is 23.4 Å². The van der Waals surface area contributed by atoms with Crippen LogP contribution in [0.5, 0.6) is 5.75 Å². The van der Waals surface area contributed by atoms with Gasteiger partial charge in [0.05, 0.1) is 6.61 Å². The first-order chi connectivity index (χ1) is 14.9. The molecule has 0 unspecified atom stereocenters. The zero-order chi connectivity index (χ0) is 22.6. The van der Waals surface area contributed by atoms with E-state index in [1.165, 1.54) is 0 Å². The Bertz CT molecular complexity index is 811. The van der Waals surface area contributed by atoms with E-state index in [1.54, 1.807) is 17.0 Å². The first-order valence-electron chi connectivity index (χ1n) is 11.0. The summed E-state index contributed by atoms with van der Waals surface area (Å²) in [5, 5.41) is 3.66. The van der Waals surface area contributed by atoms with Crippen LogP contribution in [0.1, 0.15) is 52.0 Å². The number of hydrogen-bond donors (Lipinski definition) is 1. The van der Waals surface area contributed by atoms with Crippen molar-refractivity contribution in [1.82, 2.24) is 10.2 Å². The Hall–Kier alpha value is -2.53. The fourth-order valence-electron chi connectivity index (χ4n) is 3.22. The van der Waals surface area contributed by atoms with E-state index in [1.807, 2.05) is 63.2 Å². The smallest absolute Gasteiger partial charge is 0.243 e. The average molecular weight is 445 g/mol. The molecule has 0 aliphatic carbocycles. The summed E-state index contributed by atoms with van der Waals surface area (Å²) in [5.41, 5.74) is 0.938. The predicted molar refractivity (Wildman–Crippen MR) is 125 cm³/mol. The Balaban J connectivity index is 2.06. The summed E-state index contributed by atoms with van der Waals surface area (Å²) in [6.45, 7) is 6.73. The molecule has 2 atom stereocenters. The summed E-state index contributed by atoms with van der Waals surface area (Å²) in [7, 11) is 0. The Kier molecular flexibility index (Phi) is 10.4. The number of amides is 2. The van der Waals surface area contributed by atoms with E-state index < -0.39 is 6.04 Å². The van der Waals surface area contributed by atoms with Gasteiger partial charge in [-0.25, -0.2) is 0 Å². The van der Waals surface area contributed by atoms with Gasteiger partial charge >= 0.3 is 0 Å². The van der Waals surface area contributed by atoms with E-state index in [-0.39, 0.29) is 17.9 Å². The van der Waals surface area contributed by atoms with E-state index in [0.29, 0.717) is 37.4 Å². The molecule has 1 N–H and O–H groups in total. The number of benzene rings is 2. The molecule has 0 spiro atoms. The van der Waals surface area contributed by atoms with Gasteiger partial charge in [0.15, 0.2) is 0 Å². The van der Waals surface area contributed by atoms with Crippen LogP contribution >= 0.6 is 11.6 Å². The highest BCUT2D eigenvalue weighted by Gasteiger charge is 2.28. The summed E-state index contributed by atoms with van der Waals surface area (Å²) in [6.07, 6.45) is 2.27. The van der Waals surface area contributed by atoms with Gasteiger partial charge in [0.25, 0.3) is 0 Å². The molecular weight excluding hydrogens is 412 g/mol. The molecule has 168 valence electrons. The SMILES string of the molecule is CC[C@H](C(=O)N[C@@H](C)CC)N(Cc1ccc(Cl)cc1)C(=O)CCCOc1ccccc1. The van der Waals surface area contributed by atoms with Crippen molar-refractivity contribution in [3.8, 4) is 5.75 Å². The fourth-order valence-corrected chi connectivity index (χ4v) is 3.35. The van der Waals surface area contributed by atoms with Crippen molar-refractivity contribution in [2.24, 2.45) is 0 Å². The van der Waals surface area contributed by atoms with E-state index in [0.717, 1.165) is 17.7 Å². The van der Waals surface area contributed by atoms with Crippen molar-refractivity contribution in [3.05, 3.63) is 65.2 Å².